The van der Waals surface area contributed by atoms with E-state index in [0.717, 1.165) is 0 Å². The Bertz CT molecular complexity index is 922. The molecule has 0 aliphatic rings. The topological polar surface area (TPSA) is 0 Å². The second kappa shape index (κ2) is 4.10. The van der Waals surface area contributed by atoms with Gasteiger partial charge in [0.1, 0.15) is 0 Å². The van der Waals surface area contributed by atoms with E-state index in [9.17, 15) is 0 Å². The van der Waals surface area contributed by atoms with Gasteiger partial charge in [0.15, 0.2) is 16.3 Å². The van der Waals surface area contributed by atoms with E-state index in [1.54, 1.807) is 0 Å². The zero-order chi connectivity index (χ0) is 12.8. The Kier molecular flexibility index (Phi) is 2.39. The first-order valence-electron chi connectivity index (χ1n) is 6.43. The van der Waals surface area contributed by atoms with Crippen molar-refractivity contribution in [2.24, 2.45) is 0 Å². The van der Waals surface area contributed by atoms with Gasteiger partial charge in [-0.15, -0.1) is 4.43 Å². The van der Waals surface area contributed by atoms with E-state index in [0.29, 0.717) is 0 Å². The summed E-state index contributed by atoms with van der Waals surface area (Å²) in [6.45, 7) is 0. The number of benzene rings is 4. The fourth-order valence-corrected chi connectivity index (χ4v) is 3.13. The third-order valence-electron chi connectivity index (χ3n) is 3.75. The van der Waals surface area contributed by atoms with Crippen LogP contribution in [0.5, 0.6) is 0 Å². The second-order valence-corrected chi connectivity index (χ2v) is 5.60. The molecule has 0 aliphatic carbocycles. The molecule has 19 heavy (non-hydrogen) atoms. The smallest absolute Gasteiger partial charge is 0.138 e. The minimum Gasteiger partial charge on any atom is -0.138 e. The first-order chi connectivity index (χ1) is 9.33. The predicted octanol–water partition coefficient (Wildman–Crippen LogP) is 3.94. The van der Waals surface area contributed by atoms with Gasteiger partial charge in [0, 0.05) is 0 Å². The molecule has 4 rings (SSSR count). The Morgan fingerprint density at radius 3 is 2.16 bits per heavy atom. The standard InChI is InChI=1S/C18H11.Al/c1-3-7-16-13(5-1)9-11-15-12-10-14-6-2-4-8-17(14)18(15)16;/h1,3-12H;. The largest absolute Gasteiger partial charge is 0.175 e. The van der Waals surface area contributed by atoms with Gasteiger partial charge in [-0.3, -0.25) is 0 Å². The summed E-state index contributed by atoms with van der Waals surface area (Å²) in [6.07, 6.45) is 0. The molecule has 0 fully saturated rings. The van der Waals surface area contributed by atoms with Crippen molar-refractivity contribution >= 4 is 53.0 Å². The number of hydrogen-bond donors (Lipinski definition) is 0. The molecule has 0 atom stereocenters. The zero-order valence-electron chi connectivity index (χ0n) is 10.4. The van der Waals surface area contributed by atoms with Gasteiger partial charge in [-0.05, 0) is 32.3 Å². The molecule has 0 aliphatic heterocycles. The molecule has 0 saturated carbocycles. The van der Waals surface area contributed by atoms with Crippen molar-refractivity contribution in [1.29, 1.82) is 0 Å². The SMILES string of the molecule is [Al][c]1ccc2c(ccc3ccc4ccccc4c32)c1. The maximum absolute atomic E-state index is 2.77. The van der Waals surface area contributed by atoms with Gasteiger partial charge in [-0.1, -0.05) is 66.7 Å². The van der Waals surface area contributed by atoms with Crippen LogP contribution in [0.2, 0.25) is 0 Å². The average molecular weight is 254 g/mol. The maximum Gasteiger partial charge on any atom is 0.175 e. The lowest BCUT2D eigenvalue weighted by Crippen LogP contribution is -1.99. The molecular weight excluding hydrogens is 243 g/mol. The van der Waals surface area contributed by atoms with Crippen LogP contribution < -0.4 is 4.43 Å². The van der Waals surface area contributed by atoms with E-state index >= 15 is 0 Å². The fourth-order valence-electron chi connectivity index (χ4n) is 2.85. The lowest BCUT2D eigenvalue weighted by molar-refractivity contribution is 1.79. The molecule has 0 bridgehead atoms. The first kappa shape index (κ1) is 11.1. The highest BCUT2D eigenvalue weighted by Gasteiger charge is 2.04. The van der Waals surface area contributed by atoms with Crippen molar-refractivity contribution in [1.82, 2.24) is 0 Å². The summed E-state index contributed by atoms with van der Waals surface area (Å²) in [6, 6.07) is 24.1. The van der Waals surface area contributed by atoms with E-state index in [4.69, 9.17) is 0 Å². The van der Waals surface area contributed by atoms with Crippen molar-refractivity contribution in [2.45, 2.75) is 0 Å². The molecule has 0 heterocycles. The molecule has 0 amide bonds. The summed E-state index contributed by atoms with van der Waals surface area (Å²) in [4.78, 5) is 0. The van der Waals surface area contributed by atoms with E-state index in [2.05, 4.69) is 83.0 Å². The molecule has 0 nitrogen and oxygen atoms in total. The van der Waals surface area contributed by atoms with Crippen LogP contribution in [-0.4, -0.2) is 16.3 Å². The minimum atomic E-state index is 1.23. The monoisotopic (exact) mass is 254 g/mol. The van der Waals surface area contributed by atoms with Crippen LogP contribution in [0.15, 0.2) is 66.7 Å². The van der Waals surface area contributed by atoms with Crippen molar-refractivity contribution in [3.05, 3.63) is 66.7 Å². The quantitative estimate of drug-likeness (QED) is 0.329. The van der Waals surface area contributed by atoms with Crippen LogP contribution in [-0.2, 0) is 0 Å². The highest BCUT2D eigenvalue weighted by molar-refractivity contribution is 6.34. The van der Waals surface area contributed by atoms with Crippen LogP contribution in [0.4, 0.5) is 0 Å². The van der Waals surface area contributed by atoms with E-state index in [-0.39, 0.29) is 0 Å². The van der Waals surface area contributed by atoms with Crippen molar-refractivity contribution in [2.75, 3.05) is 0 Å². The lowest BCUT2D eigenvalue weighted by atomic mass is 9.96. The molecule has 2 radical (unpaired) electrons. The Morgan fingerprint density at radius 1 is 0.579 bits per heavy atom. The predicted molar refractivity (Wildman–Crippen MR) is 84.3 cm³/mol. The highest BCUT2D eigenvalue weighted by atomic mass is 27.0. The van der Waals surface area contributed by atoms with Gasteiger partial charge >= 0.3 is 0 Å². The van der Waals surface area contributed by atoms with Crippen LogP contribution in [0.3, 0.4) is 0 Å². The van der Waals surface area contributed by atoms with Gasteiger partial charge in [-0.2, -0.15) is 0 Å². The summed E-state index contributed by atoms with van der Waals surface area (Å²) in [5, 5.41) is 7.94. The first-order valence-corrected chi connectivity index (χ1v) is 7.00. The third kappa shape index (κ3) is 1.67. The minimum absolute atomic E-state index is 1.23. The van der Waals surface area contributed by atoms with Gasteiger partial charge in [-0.25, -0.2) is 0 Å². The molecular formula is C18H11Al. The molecule has 1 heteroatoms. The fraction of sp³-hybridized carbons (Fsp3) is 0. The molecule has 0 N–H and O–H groups in total. The van der Waals surface area contributed by atoms with Crippen molar-refractivity contribution in [3.63, 3.8) is 0 Å². The van der Waals surface area contributed by atoms with E-state index < -0.39 is 0 Å². The average Bonchev–Trinajstić information content (AvgIpc) is 2.46. The molecule has 0 aromatic heterocycles. The number of rotatable bonds is 0. The molecule has 4 aromatic rings. The van der Waals surface area contributed by atoms with Gasteiger partial charge in [0.25, 0.3) is 0 Å². The number of hydrogen-bond acceptors (Lipinski definition) is 0. The molecule has 86 valence electrons. The van der Waals surface area contributed by atoms with Crippen LogP contribution in [0.25, 0.3) is 32.3 Å². The normalized spacial score (nSPS) is 11.4. The maximum atomic E-state index is 2.77. The van der Waals surface area contributed by atoms with Gasteiger partial charge in [0.2, 0.25) is 0 Å². The van der Waals surface area contributed by atoms with E-state index in [1.807, 2.05) is 0 Å². The highest BCUT2D eigenvalue weighted by Crippen LogP contribution is 2.31. The summed E-state index contributed by atoms with van der Waals surface area (Å²) < 4.78 is 1.23. The summed E-state index contributed by atoms with van der Waals surface area (Å²) in [7, 11) is 0. The summed E-state index contributed by atoms with van der Waals surface area (Å²) in [5.74, 6) is 0. The third-order valence-corrected chi connectivity index (χ3v) is 4.11. The Morgan fingerprint density at radius 2 is 1.26 bits per heavy atom. The zero-order valence-corrected chi connectivity index (χ0v) is 11.6. The second-order valence-electron chi connectivity index (χ2n) is 4.93. The molecule has 0 saturated heterocycles. The van der Waals surface area contributed by atoms with Crippen molar-refractivity contribution < 1.29 is 0 Å². The Balaban J connectivity index is 2.33. The number of fused-ring (bicyclic) bond motifs is 5. The summed E-state index contributed by atoms with van der Waals surface area (Å²) >= 11 is 2.77. The summed E-state index contributed by atoms with van der Waals surface area (Å²) in [5.41, 5.74) is 0. The van der Waals surface area contributed by atoms with Gasteiger partial charge < -0.3 is 0 Å². The van der Waals surface area contributed by atoms with Crippen LogP contribution >= 0.6 is 0 Å². The van der Waals surface area contributed by atoms with E-state index in [1.165, 1.54) is 36.7 Å². The Hall–Kier alpha value is -1.81. The lowest BCUT2D eigenvalue weighted by Gasteiger charge is -2.08. The Labute approximate surface area is 120 Å². The van der Waals surface area contributed by atoms with Crippen LogP contribution in [0, 0.1) is 0 Å². The molecule has 0 spiro atoms. The van der Waals surface area contributed by atoms with Crippen molar-refractivity contribution in [3.8, 4) is 0 Å². The van der Waals surface area contributed by atoms with Crippen LogP contribution in [0.1, 0.15) is 0 Å². The molecule has 4 aromatic carbocycles. The molecule has 0 unspecified atom stereocenters. The van der Waals surface area contributed by atoms with Gasteiger partial charge in [0.05, 0.1) is 0 Å².